The van der Waals surface area contributed by atoms with Crippen molar-refractivity contribution in [2.45, 2.75) is 30.6 Å². The predicted molar refractivity (Wildman–Crippen MR) is 68.9 cm³/mol. The zero-order valence-corrected chi connectivity index (χ0v) is 11.5. The Morgan fingerprint density at radius 2 is 1.81 bits per heavy atom. The molecule has 0 bridgehead atoms. The van der Waals surface area contributed by atoms with E-state index in [1.165, 1.54) is 24.0 Å². The zero-order valence-electron chi connectivity index (χ0n) is 9.08. The molecule has 0 unspecified atom stereocenters. The molecule has 0 fully saturated rings. The summed E-state index contributed by atoms with van der Waals surface area (Å²) in [6.07, 6.45) is 4.51. The number of hydrogen-bond donors (Lipinski definition) is 0. The van der Waals surface area contributed by atoms with E-state index in [-0.39, 0.29) is 5.75 Å². The van der Waals surface area contributed by atoms with Gasteiger partial charge in [-0.05, 0) is 48.9 Å². The van der Waals surface area contributed by atoms with Crippen LogP contribution in [0.4, 0.5) is 0 Å². The number of aryl methyl sites for hydroxylation is 2. The summed E-state index contributed by atoms with van der Waals surface area (Å²) in [6, 6.07) is 5.60. The number of sulfone groups is 1. The summed E-state index contributed by atoms with van der Waals surface area (Å²) >= 11 is 3.18. The number of benzene rings is 1. The molecule has 0 heterocycles. The molecule has 0 aromatic heterocycles. The zero-order chi connectivity index (χ0) is 11.6. The minimum absolute atomic E-state index is 0.172. The monoisotopic (exact) mass is 302 g/mol. The van der Waals surface area contributed by atoms with Crippen molar-refractivity contribution < 1.29 is 8.42 Å². The molecule has 16 heavy (non-hydrogen) atoms. The molecule has 2 rings (SSSR count). The summed E-state index contributed by atoms with van der Waals surface area (Å²) in [5.74, 6) is 0.172. The van der Waals surface area contributed by atoms with Crippen LogP contribution in [-0.4, -0.2) is 19.5 Å². The van der Waals surface area contributed by atoms with Gasteiger partial charge in [-0.2, -0.15) is 0 Å². The maximum absolute atomic E-state index is 11.9. The number of fused-ring (bicyclic) bond motifs is 1. The number of alkyl halides is 1. The molecule has 88 valence electrons. The summed E-state index contributed by atoms with van der Waals surface area (Å²) in [5.41, 5.74) is 2.55. The Labute approximate surface area is 105 Å². The van der Waals surface area contributed by atoms with E-state index in [1.807, 2.05) is 12.1 Å². The molecular weight excluding hydrogens is 288 g/mol. The molecule has 4 heteroatoms. The fourth-order valence-electron chi connectivity index (χ4n) is 2.12. The average Bonchev–Trinajstić information content (AvgIpc) is 2.28. The maximum Gasteiger partial charge on any atom is 0.179 e. The van der Waals surface area contributed by atoms with Gasteiger partial charge in [0.15, 0.2) is 9.84 Å². The number of rotatable bonds is 3. The highest BCUT2D eigenvalue weighted by Gasteiger charge is 2.16. The van der Waals surface area contributed by atoms with Crippen molar-refractivity contribution in [2.75, 3.05) is 11.1 Å². The van der Waals surface area contributed by atoms with Gasteiger partial charge in [0.1, 0.15) is 0 Å². The molecule has 1 aliphatic rings. The van der Waals surface area contributed by atoms with Crippen LogP contribution in [0, 0.1) is 0 Å². The Bertz CT molecular complexity index is 480. The third-order valence-corrected chi connectivity index (χ3v) is 5.66. The number of halogens is 1. The Morgan fingerprint density at radius 3 is 2.50 bits per heavy atom. The highest BCUT2D eigenvalue weighted by Crippen LogP contribution is 2.24. The molecular formula is C12H15BrO2S. The van der Waals surface area contributed by atoms with E-state index in [0.717, 1.165) is 12.8 Å². The molecule has 0 saturated carbocycles. The van der Waals surface area contributed by atoms with E-state index in [1.54, 1.807) is 6.07 Å². The molecule has 1 aliphatic carbocycles. The average molecular weight is 303 g/mol. The second-order valence-electron chi connectivity index (χ2n) is 4.15. The van der Waals surface area contributed by atoms with Crippen LogP contribution in [-0.2, 0) is 22.7 Å². The Hall–Kier alpha value is -0.350. The van der Waals surface area contributed by atoms with Gasteiger partial charge in [0.25, 0.3) is 0 Å². The van der Waals surface area contributed by atoms with Crippen LogP contribution in [0.1, 0.15) is 24.0 Å². The summed E-state index contributed by atoms with van der Waals surface area (Å²) in [5, 5.41) is 0.492. The van der Waals surface area contributed by atoms with Gasteiger partial charge in [-0.25, -0.2) is 8.42 Å². The van der Waals surface area contributed by atoms with E-state index in [4.69, 9.17) is 0 Å². The molecule has 0 N–H and O–H groups in total. The summed E-state index contributed by atoms with van der Waals surface area (Å²) in [4.78, 5) is 0.479. The van der Waals surface area contributed by atoms with Gasteiger partial charge < -0.3 is 0 Å². The van der Waals surface area contributed by atoms with E-state index in [0.29, 0.717) is 10.2 Å². The number of hydrogen-bond acceptors (Lipinski definition) is 2. The van der Waals surface area contributed by atoms with Crippen LogP contribution in [0.5, 0.6) is 0 Å². The lowest BCUT2D eigenvalue weighted by Crippen LogP contribution is -2.10. The SMILES string of the molecule is O=S(=O)(CCBr)c1ccc2c(c1)CCCC2. The van der Waals surface area contributed by atoms with Gasteiger partial charge in [-0.15, -0.1) is 0 Å². The fourth-order valence-corrected chi connectivity index (χ4v) is 4.44. The first-order valence-corrected chi connectivity index (χ1v) is 8.31. The van der Waals surface area contributed by atoms with Gasteiger partial charge in [-0.3, -0.25) is 0 Å². The Morgan fingerprint density at radius 1 is 1.12 bits per heavy atom. The minimum atomic E-state index is -3.09. The smallest absolute Gasteiger partial charge is 0.179 e. The Kier molecular flexibility index (Phi) is 3.70. The van der Waals surface area contributed by atoms with E-state index in [9.17, 15) is 8.42 Å². The third kappa shape index (κ3) is 2.48. The van der Waals surface area contributed by atoms with Gasteiger partial charge >= 0.3 is 0 Å². The maximum atomic E-state index is 11.9. The van der Waals surface area contributed by atoms with Gasteiger partial charge in [0.05, 0.1) is 10.6 Å². The van der Waals surface area contributed by atoms with Gasteiger partial charge in [-0.1, -0.05) is 22.0 Å². The standard InChI is InChI=1S/C12H15BrO2S/c13-7-8-16(14,15)12-6-5-10-3-1-2-4-11(10)9-12/h5-6,9H,1-4,7-8H2. The first-order valence-electron chi connectivity index (χ1n) is 5.54. The Balaban J connectivity index is 2.37. The highest BCUT2D eigenvalue weighted by molar-refractivity contribution is 9.09. The van der Waals surface area contributed by atoms with Gasteiger partial charge in [0.2, 0.25) is 0 Å². The van der Waals surface area contributed by atoms with Crippen LogP contribution in [0.15, 0.2) is 23.1 Å². The van der Waals surface area contributed by atoms with Crippen molar-refractivity contribution in [3.05, 3.63) is 29.3 Å². The summed E-state index contributed by atoms with van der Waals surface area (Å²) in [6.45, 7) is 0. The molecule has 2 nitrogen and oxygen atoms in total. The molecule has 0 amide bonds. The van der Waals surface area contributed by atoms with Crippen molar-refractivity contribution in [3.63, 3.8) is 0 Å². The second-order valence-corrected chi connectivity index (χ2v) is 7.05. The first-order chi connectivity index (χ1) is 7.63. The van der Waals surface area contributed by atoms with Crippen molar-refractivity contribution in [1.82, 2.24) is 0 Å². The summed E-state index contributed by atoms with van der Waals surface area (Å²) in [7, 11) is -3.09. The van der Waals surface area contributed by atoms with Crippen molar-refractivity contribution in [3.8, 4) is 0 Å². The topological polar surface area (TPSA) is 34.1 Å². The molecule has 1 aromatic carbocycles. The molecule has 0 saturated heterocycles. The van der Waals surface area contributed by atoms with Crippen LogP contribution >= 0.6 is 15.9 Å². The van der Waals surface area contributed by atoms with Crippen LogP contribution in [0.25, 0.3) is 0 Å². The van der Waals surface area contributed by atoms with E-state index >= 15 is 0 Å². The third-order valence-electron chi connectivity index (χ3n) is 3.02. The lowest BCUT2D eigenvalue weighted by Gasteiger charge is -2.16. The van der Waals surface area contributed by atoms with Gasteiger partial charge in [0, 0.05) is 5.33 Å². The van der Waals surface area contributed by atoms with Crippen molar-refractivity contribution in [2.24, 2.45) is 0 Å². The van der Waals surface area contributed by atoms with Crippen LogP contribution < -0.4 is 0 Å². The first kappa shape index (κ1) is 12.1. The van der Waals surface area contributed by atoms with Crippen molar-refractivity contribution in [1.29, 1.82) is 0 Å². The predicted octanol–water partition coefficient (Wildman–Crippen LogP) is 2.73. The quantitative estimate of drug-likeness (QED) is 0.805. The van der Waals surface area contributed by atoms with Crippen LogP contribution in [0.2, 0.25) is 0 Å². The fraction of sp³-hybridized carbons (Fsp3) is 0.500. The molecule has 1 aromatic rings. The molecule has 0 spiro atoms. The lowest BCUT2D eigenvalue weighted by atomic mass is 9.92. The largest absolute Gasteiger partial charge is 0.224 e. The van der Waals surface area contributed by atoms with Crippen LogP contribution in [0.3, 0.4) is 0 Å². The lowest BCUT2D eigenvalue weighted by molar-refractivity contribution is 0.597. The van der Waals surface area contributed by atoms with E-state index < -0.39 is 9.84 Å². The van der Waals surface area contributed by atoms with Crippen molar-refractivity contribution >= 4 is 25.8 Å². The molecule has 0 aliphatic heterocycles. The summed E-state index contributed by atoms with van der Waals surface area (Å²) < 4.78 is 23.8. The minimum Gasteiger partial charge on any atom is -0.224 e. The highest BCUT2D eigenvalue weighted by atomic mass is 79.9. The molecule has 0 atom stereocenters. The molecule has 0 radical (unpaired) electrons. The normalized spacial score (nSPS) is 15.8. The second kappa shape index (κ2) is 4.88. The van der Waals surface area contributed by atoms with E-state index in [2.05, 4.69) is 15.9 Å².